The molecule has 1 N–H and O–H groups in total. The summed E-state index contributed by atoms with van der Waals surface area (Å²) in [6.45, 7) is 2.30. The molecule has 4 rings (SSSR count). The molecule has 8 heteroatoms. The van der Waals surface area contributed by atoms with Crippen molar-refractivity contribution in [2.24, 2.45) is 0 Å². The first kappa shape index (κ1) is 22.0. The number of esters is 1. The molecule has 0 radical (unpaired) electrons. The quantitative estimate of drug-likeness (QED) is 0.688. The van der Waals surface area contributed by atoms with Crippen LogP contribution in [-0.4, -0.2) is 67.8 Å². The van der Waals surface area contributed by atoms with E-state index in [0.29, 0.717) is 31.8 Å². The summed E-state index contributed by atoms with van der Waals surface area (Å²) in [6, 6.07) is 5.49. The zero-order valence-corrected chi connectivity index (χ0v) is 18.5. The highest BCUT2D eigenvalue weighted by Gasteiger charge is 2.26. The number of carbonyl (C=O) groups excluding carboxylic acids is 2. The Balaban J connectivity index is 1.45. The summed E-state index contributed by atoms with van der Waals surface area (Å²) < 4.78 is 10.2. The van der Waals surface area contributed by atoms with Gasteiger partial charge in [0.25, 0.3) is 5.91 Å². The van der Waals surface area contributed by atoms with Gasteiger partial charge >= 0.3 is 5.97 Å². The third kappa shape index (κ3) is 5.00. The lowest BCUT2D eigenvalue weighted by molar-refractivity contribution is -0.145. The Kier molecular flexibility index (Phi) is 7.05. The normalized spacial score (nSPS) is 18.6. The summed E-state index contributed by atoms with van der Waals surface area (Å²) in [5.41, 5.74) is 3.59. The average molecular weight is 446 g/mol. The number of aryl methyl sites for hydroxylation is 1. The Bertz CT molecular complexity index is 981. The summed E-state index contributed by atoms with van der Waals surface area (Å²) in [5, 5.41) is 4.98. The topological polar surface area (TPSA) is 80.8 Å². The molecule has 2 heterocycles. The van der Waals surface area contributed by atoms with E-state index >= 15 is 0 Å². The minimum atomic E-state index is -0.298. The van der Waals surface area contributed by atoms with Crippen LogP contribution in [0, 0.1) is 0 Å². The lowest BCUT2D eigenvalue weighted by Crippen LogP contribution is -2.54. The summed E-state index contributed by atoms with van der Waals surface area (Å²) in [4.78, 5) is 31.5. The van der Waals surface area contributed by atoms with Gasteiger partial charge in [0.2, 0.25) is 0 Å². The van der Waals surface area contributed by atoms with Crippen LogP contribution >= 0.6 is 11.6 Å². The number of hydrogen-bond donors (Lipinski definition) is 1. The van der Waals surface area contributed by atoms with Gasteiger partial charge in [-0.05, 0) is 43.4 Å². The van der Waals surface area contributed by atoms with Crippen molar-refractivity contribution in [1.29, 1.82) is 0 Å². The molecule has 1 saturated heterocycles. The van der Waals surface area contributed by atoms with E-state index in [2.05, 4.69) is 5.32 Å². The number of amides is 1. The third-order valence-electron chi connectivity index (χ3n) is 5.94. The first-order chi connectivity index (χ1) is 15.1. The second-order valence-corrected chi connectivity index (χ2v) is 8.50. The van der Waals surface area contributed by atoms with Gasteiger partial charge in [0.05, 0.1) is 29.6 Å². The number of carbonyl (C=O) groups is 2. The van der Waals surface area contributed by atoms with E-state index in [1.165, 1.54) is 0 Å². The lowest BCUT2D eigenvalue weighted by Gasteiger charge is -2.33. The monoisotopic (exact) mass is 445 g/mol. The van der Waals surface area contributed by atoms with Gasteiger partial charge in [-0.3, -0.25) is 14.6 Å². The molecular weight excluding hydrogens is 418 g/mol. The van der Waals surface area contributed by atoms with E-state index in [1.807, 2.05) is 18.2 Å². The van der Waals surface area contributed by atoms with Crippen molar-refractivity contribution in [3.63, 3.8) is 0 Å². The number of piperazine rings is 1. The summed E-state index contributed by atoms with van der Waals surface area (Å²) in [7, 11) is 1.55. The highest BCUT2D eigenvalue weighted by atomic mass is 35.5. The van der Waals surface area contributed by atoms with Gasteiger partial charge in [-0.25, -0.2) is 0 Å². The number of methoxy groups -OCH3 is 1. The molecule has 166 valence electrons. The molecule has 1 atom stereocenters. The molecule has 0 spiro atoms. The number of fused-ring (bicyclic) bond motifs is 2. The minimum absolute atomic E-state index is 0.0465. The molecule has 1 aliphatic heterocycles. The van der Waals surface area contributed by atoms with Gasteiger partial charge in [0, 0.05) is 43.4 Å². The number of benzene rings is 1. The van der Waals surface area contributed by atoms with Crippen molar-refractivity contribution < 1.29 is 19.1 Å². The molecule has 1 aromatic carbocycles. The average Bonchev–Trinajstić information content (AvgIpc) is 2.81. The SMILES string of the molecule is COCCC(=O)OCC1CN(C(=O)c2ccc3c(Cl)c4c(nc3c2)CCCC4)CCN1. The number of pyridine rings is 1. The zero-order chi connectivity index (χ0) is 21.8. The molecule has 1 aliphatic carbocycles. The van der Waals surface area contributed by atoms with Crippen molar-refractivity contribution >= 4 is 34.4 Å². The number of rotatable bonds is 6. The summed E-state index contributed by atoms with van der Waals surface area (Å²) in [5.74, 6) is -0.345. The van der Waals surface area contributed by atoms with Gasteiger partial charge in [-0.15, -0.1) is 0 Å². The molecule has 2 aromatic rings. The van der Waals surface area contributed by atoms with Crippen molar-refractivity contribution in [3.05, 3.63) is 40.0 Å². The van der Waals surface area contributed by atoms with Crippen LogP contribution < -0.4 is 5.32 Å². The number of halogens is 1. The first-order valence-electron chi connectivity index (χ1n) is 10.8. The second kappa shape index (κ2) is 9.94. The molecule has 31 heavy (non-hydrogen) atoms. The summed E-state index contributed by atoms with van der Waals surface area (Å²) >= 11 is 6.66. The van der Waals surface area contributed by atoms with Crippen molar-refractivity contribution in [2.75, 3.05) is 40.0 Å². The van der Waals surface area contributed by atoms with Crippen molar-refractivity contribution in [2.45, 2.75) is 38.1 Å². The second-order valence-electron chi connectivity index (χ2n) is 8.12. The van der Waals surface area contributed by atoms with Crippen LogP contribution in [0.25, 0.3) is 10.9 Å². The van der Waals surface area contributed by atoms with E-state index < -0.39 is 0 Å². The number of ether oxygens (including phenoxy) is 2. The van der Waals surface area contributed by atoms with Gasteiger partial charge in [0.15, 0.2) is 0 Å². The predicted octanol–water partition coefficient (Wildman–Crippen LogP) is 2.76. The highest BCUT2D eigenvalue weighted by Crippen LogP contribution is 2.33. The number of nitrogens with zero attached hydrogens (tertiary/aromatic N) is 2. The lowest BCUT2D eigenvalue weighted by atomic mass is 9.94. The van der Waals surface area contributed by atoms with Crippen LogP contribution in [0.1, 0.15) is 40.9 Å². The fraction of sp³-hybridized carbons (Fsp3) is 0.522. The molecule has 0 bridgehead atoms. The van der Waals surface area contributed by atoms with Crippen LogP contribution in [0.2, 0.25) is 5.02 Å². The van der Waals surface area contributed by atoms with E-state index in [9.17, 15) is 9.59 Å². The Morgan fingerprint density at radius 2 is 2.13 bits per heavy atom. The Morgan fingerprint density at radius 3 is 2.97 bits per heavy atom. The largest absolute Gasteiger partial charge is 0.464 e. The van der Waals surface area contributed by atoms with Gasteiger partial charge < -0.3 is 19.7 Å². The number of aromatic nitrogens is 1. The van der Waals surface area contributed by atoms with Gasteiger partial charge in [-0.1, -0.05) is 17.7 Å². The number of hydrogen-bond acceptors (Lipinski definition) is 6. The van der Waals surface area contributed by atoms with Gasteiger partial charge in [0.1, 0.15) is 6.61 Å². The predicted molar refractivity (Wildman–Crippen MR) is 119 cm³/mol. The third-order valence-corrected chi connectivity index (χ3v) is 6.37. The molecule has 1 fully saturated rings. The van der Waals surface area contributed by atoms with E-state index in [-0.39, 0.29) is 30.9 Å². The molecule has 0 saturated carbocycles. The summed E-state index contributed by atoms with van der Waals surface area (Å²) in [6.07, 6.45) is 4.39. The van der Waals surface area contributed by atoms with E-state index in [1.54, 1.807) is 12.0 Å². The highest BCUT2D eigenvalue weighted by molar-refractivity contribution is 6.36. The molecule has 1 aromatic heterocycles. The molecule has 2 aliphatic rings. The van der Waals surface area contributed by atoms with E-state index in [0.717, 1.165) is 52.9 Å². The fourth-order valence-electron chi connectivity index (χ4n) is 4.26. The maximum Gasteiger partial charge on any atom is 0.308 e. The van der Waals surface area contributed by atoms with Crippen LogP contribution in [0.15, 0.2) is 18.2 Å². The minimum Gasteiger partial charge on any atom is -0.464 e. The number of nitrogens with one attached hydrogen (secondary N) is 1. The molecule has 7 nitrogen and oxygen atoms in total. The molecular formula is C23H28ClN3O4. The Labute approximate surface area is 187 Å². The fourth-order valence-corrected chi connectivity index (χ4v) is 4.62. The van der Waals surface area contributed by atoms with Crippen LogP contribution in [0.3, 0.4) is 0 Å². The molecule has 1 amide bonds. The van der Waals surface area contributed by atoms with Crippen LogP contribution in [0.4, 0.5) is 0 Å². The first-order valence-corrected chi connectivity index (χ1v) is 11.2. The Hall–Kier alpha value is -2.22. The van der Waals surface area contributed by atoms with Crippen LogP contribution in [0.5, 0.6) is 0 Å². The standard InChI is InChI=1S/C23H28ClN3O4/c1-30-11-8-21(28)31-14-16-13-27(10-9-25-16)23(29)15-6-7-18-20(12-15)26-19-5-3-2-4-17(19)22(18)24/h6-7,12,16,25H,2-5,8-11,13-14H2,1H3. The molecule has 1 unspecified atom stereocenters. The zero-order valence-electron chi connectivity index (χ0n) is 17.8. The van der Waals surface area contributed by atoms with Gasteiger partial charge in [-0.2, -0.15) is 0 Å². The van der Waals surface area contributed by atoms with E-state index in [4.69, 9.17) is 26.1 Å². The smallest absolute Gasteiger partial charge is 0.308 e. The van der Waals surface area contributed by atoms with Crippen LogP contribution in [-0.2, 0) is 27.1 Å². The maximum atomic E-state index is 13.2. The van der Waals surface area contributed by atoms with Crippen molar-refractivity contribution in [3.8, 4) is 0 Å². The Morgan fingerprint density at radius 1 is 1.29 bits per heavy atom. The van der Waals surface area contributed by atoms with Crippen molar-refractivity contribution in [1.82, 2.24) is 15.2 Å². The maximum absolute atomic E-state index is 13.2.